The minimum absolute atomic E-state index is 0.694. The SMILES string of the molecule is Cc1nc2ccccc2nc1CSc1nnc(-c2ccoc2C)n1C. The van der Waals surface area contributed by atoms with Gasteiger partial charge in [-0.25, -0.2) is 9.97 Å². The first-order chi connectivity index (χ1) is 12.1. The maximum atomic E-state index is 5.36. The quantitative estimate of drug-likeness (QED) is 0.519. The first kappa shape index (κ1) is 15.8. The van der Waals surface area contributed by atoms with E-state index in [-0.39, 0.29) is 0 Å². The normalized spacial score (nSPS) is 11.3. The van der Waals surface area contributed by atoms with Crippen LogP contribution in [0.15, 0.2) is 46.2 Å². The van der Waals surface area contributed by atoms with Gasteiger partial charge in [0.1, 0.15) is 5.76 Å². The molecule has 0 atom stereocenters. The Morgan fingerprint density at radius 3 is 2.52 bits per heavy atom. The molecule has 0 aliphatic carbocycles. The van der Waals surface area contributed by atoms with Crippen LogP contribution in [-0.4, -0.2) is 24.7 Å². The van der Waals surface area contributed by atoms with Crippen molar-refractivity contribution in [1.82, 2.24) is 24.7 Å². The van der Waals surface area contributed by atoms with Gasteiger partial charge in [-0.3, -0.25) is 0 Å². The standard InChI is InChI=1S/C18H17N5OS/c1-11-16(20-15-7-5-4-6-14(15)19-11)10-25-18-22-21-17(23(18)3)13-8-9-24-12(13)2/h4-9H,10H2,1-3H3. The van der Waals surface area contributed by atoms with Crippen molar-refractivity contribution in [3.63, 3.8) is 0 Å². The highest BCUT2D eigenvalue weighted by Crippen LogP contribution is 2.28. The smallest absolute Gasteiger partial charge is 0.191 e. The van der Waals surface area contributed by atoms with Crippen molar-refractivity contribution in [2.75, 3.05) is 0 Å². The lowest BCUT2D eigenvalue weighted by atomic mass is 10.2. The highest BCUT2D eigenvalue weighted by Gasteiger charge is 2.15. The Morgan fingerprint density at radius 1 is 1.04 bits per heavy atom. The Bertz CT molecular complexity index is 1050. The van der Waals surface area contributed by atoms with E-state index in [0.29, 0.717) is 5.75 Å². The molecule has 0 radical (unpaired) electrons. The van der Waals surface area contributed by atoms with E-state index in [9.17, 15) is 0 Å². The molecule has 0 spiro atoms. The van der Waals surface area contributed by atoms with Crippen LogP contribution in [0.25, 0.3) is 22.4 Å². The number of hydrogen-bond acceptors (Lipinski definition) is 6. The first-order valence-corrected chi connectivity index (χ1v) is 8.91. The number of benzene rings is 1. The van der Waals surface area contributed by atoms with Crippen LogP contribution < -0.4 is 0 Å². The molecule has 7 heteroatoms. The van der Waals surface area contributed by atoms with Gasteiger partial charge in [-0.2, -0.15) is 0 Å². The van der Waals surface area contributed by atoms with Crippen molar-refractivity contribution in [2.45, 2.75) is 24.8 Å². The van der Waals surface area contributed by atoms with Gasteiger partial charge < -0.3 is 8.98 Å². The number of hydrogen-bond donors (Lipinski definition) is 0. The zero-order chi connectivity index (χ0) is 17.4. The molecule has 0 unspecified atom stereocenters. The molecular formula is C18H17N5OS. The molecule has 3 aromatic heterocycles. The summed E-state index contributed by atoms with van der Waals surface area (Å²) in [6.45, 7) is 3.91. The number of nitrogens with zero attached hydrogens (tertiary/aromatic N) is 5. The summed E-state index contributed by atoms with van der Waals surface area (Å²) in [6, 6.07) is 9.83. The van der Waals surface area contributed by atoms with Crippen LogP contribution in [0, 0.1) is 13.8 Å². The fraction of sp³-hybridized carbons (Fsp3) is 0.222. The van der Waals surface area contributed by atoms with Gasteiger partial charge in [0.05, 0.1) is 34.2 Å². The van der Waals surface area contributed by atoms with Gasteiger partial charge in [-0.1, -0.05) is 23.9 Å². The van der Waals surface area contributed by atoms with Gasteiger partial charge in [0, 0.05) is 12.8 Å². The van der Waals surface area contributed by atoms with E-state index < -0.39 is 0 Å². The van der Waals surface area contributed by atoms with Crippen molar-refractivity contribution in [3.05, 3.63) is 53.7 Å². The number of aromatic nitrogens is 5. The minimum atomic E-state index is 0.694. The van der Waals surface area contributed by atoms with Crippen LogP contribution in [0.5, 0.6) is 0 Å². The molecule has 1 aromatic carbocycles. The average Bonchev–Trinajstić information content (AvgIpc) is 3.18. The maximum Gasteiger partial charge on any atom is 0.191 e. The predicted molar refractivity (Wildman–Crippen MR) is 97.3 cm³/mol. The monoisotopic (exact) mass is 351 g/mol. The Kier molecular flexibility index (Phi) is 4.01. The van der Waals surface area contributed by atoms with E-state index in [1.54, 1.807) is 18.0 Å². The Labute approximate surface area is 149 Å². The van der Waals surface area contributed by atoms with Gasteiger partial charge >= 0.3 is 0 Å². The van der Waals surface area contributed by atoms with Crippen LogP contribution in [0.1, 0.15) is 17.1 Å². The lowest BCUT2D eigenvalue weighted by Gasteiger charge is -2.06. The van der Waals surface area contributed by atoms with Gasteiger partial charge in [0.2, 0.25) is 0 Å². The summed E-state index contributed by atoms with van der Waals surface area (Å²) in [5.74, 6) is 2.33. The zero-order valence-corrected chi connectivity index (χ0v) is 15.0. The summed E-state index contributed by atoms with van der Waals surface area (Å²) >= 11 is 1.60. The van der Waals surface area contributed by atoms with Crippen LogP contribution in [0.2, 0.25) is 0 Å². The summed E-state index contributed by atoms with van der Waals surface area (Å²) in [4.78, 5) is 9.37. The topological polar surface area (TPSA) is 69.6 Å². The van der Waals surface area contributed by atoms with E-state index in [1.807, 2.05) is 55.8 Å². The molecule has 0 aliphatic rings. The van der Waals surface area contributed by atoms with Crippen molar-refractivity contribution in [1.29, 1.82) is 0 Å². The molecule has 126 valence electrons. The number of thioether (sulfide) groups is 1. The van der Waals surface area contributed by atoms with E-state index in [1.165, 1.54) is 0 Å². The third kappa shape index (κ3) is 2.91. The van der Waals surface area contributed by atoms with Gasteiger partial charge in [-0.15, -0.1) is 10.2 Å². The number of para-hydroxylation sites is 2. The second kappa shape index (κ2) is 6.33. The predicted octanol–water partition coefficient (Wildman–Crippen LogP) is 3.93. The summed E-state index contributed by atoms with van der Waals surface area (Å²) in [7, 11) is 1.96. The summed E-state index contributed by atoms with van der Waals surface area (Å²) in [5, 5.41) is 9.44. The van der Waals surface area contributed by atoms with Crippen LogP contribution >= 0.6 is 11.8 Å². The van der Waals surface area contributed by atoms with E-state index in [2.05, 4.69) is 15.2 Å². The molecule has 0 fully saturated rings. The van der Waals surface area contributed by atoms with Gasteiger partial charge in [-0.05, 0) is 32.0 Å². The largest absolute Gasteiger partial charge is 0.469 e. The fourth-order valence-electron chi connectivity index (χ4n) is 2.69. The summed E-state index contributed by atoms with van der Waals surface area (Å²) in [5.41, 5.74) is 4.71. The van der Waals surface area contributed by atoms with E-state index in [4.69, 9.17) is 9.40 Å². The van der Waals surface area contributed by atoms with E-state index >= 15 is 0 Å². The third-order valence-electron chi connectivity index (χ3n) is 4.12. The van der Waals surface area contributed by atoms with Gasteiger partial charge in [0.25, 0.3) is 0 Å². The number of rotatable bonds is 4. The number of aryl methyl sites for hydroxylation is 2. The lowest BCUT2D eigenvalue weighted by molar-refractivity contribution is 0.534. The fourth-order valence-corrected chi connectivity index (χ4v) is 3.60. The second-order valence-electron chi connectivity index (χ2n) is 5.79. The number of fused-ring (bicyclic) bond motifs is 1. The van der Waals surface area contributed by atoms with Crippen LogP contribution in [0.4, 0.5) is 0 Å². The van der Waals surface area contributed by atoms with E-state index in [0.717, 1.165) is 44.7 Å². The van der Waals surface area contributed by atoms with Crippen molar-refractivity contribution in [3.8, 4) is 11.4 Å². The molecule has 0 aliphatic heterocycles. The van der Waals surface area contributed by atoms with Crippen molar-refractivity contribution in [2.24, 2.45) is 7.05 Å². The Balaban J connectivity index is 1.59. The highest BCUT2D eigenvalue weighted by molar-refractivity contribution is 7.98. The second-order valence-corrected chi connectivity index (χ2v) is 6.73. The summed E-state index contributed by atoms with van der Waals surface area (Å²) < 4.78 is 7.34. The molecule has 25 heavy (non-hydrogen) atoms. The van der Waals surface area contributed by atoms with Crippen LogP contribution in [-0.2, 0) is 12.8 Å². The first-order valence-electron chi connectivity index (χ1n) is 7.92. The number of furan rings is 1. The zero-order valence-electron chi connectivity index (χ0n) is 14.2. The molecule has 0 saturated carbocycles. The molecule has 4 rings (SSSR count). The Morgan fingerprint density at radius 2 is 1.80 bits per heavy atom. The lowest BCUT2D eigenvalue weighted by Crippen LogP contribution is -1.99. The van der Waals surface area contributed by atoms with Gasteiger partial charge in [0.15, 0.2) is 11.0 Å². The Hall–Kier alpha value is -2.67. The molecule has 6 nitrogen and oxygen atoms in total. The molecule has 0 saturated heterocycles. The molecule has 0 amide bonds. The van der Waals surface area contributed by atoms with Crippen LogP contribution in [0.3, 0.4) is 0 Å². The molecule has 3 heterocycles. The molecule has 4 aromatic rings. The summed E-state index contributed by atoms with van der Waals surface area (Å²) in [6.07, 6.45) is 1.67. The molecular weight excluding hydrogens is 334 g/mol. The molecule has 0 N–H and O–H groups in total. The van der Waals surface area contributed by atoms with Crippen molar-refractivity contribution >= 4 is 22.8 Å². The maximum absolute atomic E-state index is 5.36. The molecule has 0 bridgehead atoms. The highest BCUT2D eigenvalue weighted by atomic mass is 32.2. The average molecular weight is 351 g/mol. The third-order valence-corrected chi connectivity index (χ3v) is 5.15. The minimum Gasteiger partial charge on any atom is -0.469 e. The van der Waals surface area contributed by atoms with Crippen molar-refractivity contribution < 1.29 is 4.42 Å².